The van der Waals surface area contributed by atoms with E-state index in [4.69, 9.17) is 21.1 Å². The molecule has 2 N–H and O–H groups in total. The van der Waals surface area contributed by atoms with Crippen molar-refractivity contribution in [2.75, 3.05) is 0 Å². The Morgan fingerprint density at radius 1 is 1.11 bits per heavy atom. The number of carboxylic acids is 1. The van der Waals surface area contributed by atoms with Crippen LogP contribution in [-0.4, -0.2) is 40.3 Å². The van der Waals surface area contributed by atoms with Crippen molar-refractivity contribution in [3.63, 3.8) is 0 Å². The first-order valence-electron chi connectivity index (χ1n) is 11.7. The van der Waals surface area contributed by atoms with Gasteiger partial charge in [0.15, 0.2) is 6.10 Å². The number of rotatable bonds is 11. The lowest BCUT2D eigenvalue weighted by Crippen LogP contribution is -2.29. The molecule has 1 unspecified atom stereocenters. The maximum Gasteiger partial charge on any atom is 0.333 e. The number of benzene rings is 2. The van der Waals surface area contributed by atoms with Crippen LogP contribution in [0.1, 0.15) is 54.2 Å². The molecule has 0 bridgehead atoms. The summed E-state index contributed by atoms with van der Waals surface area (Å²) in [4.78, 5) is 30.0. The van der Waals surface area contributed by atoms with Crippen LogP contribution in [0.2, 0.25) is 5.02 Å². The van der Waals surface area contributed by atoms with Gasteiger partial charge >= 0.3 is 5.97 Å². The van der Waals surface area contributed by atoms with Gasteiger partial charge in [-0.05, 0) is 52.3 Å². The minimum Gasteiger partial charge on any atom is -0.491 e. The Morgan fingerprint density at radius 3 is 2.47 bits per heavy atom. The molecular weight excluding hydrogens is 500 g/mol. The predicted molar refractivity (Wildman–Crippen MR) is 142 cm³/mol. The van der Waals surface area contributed by atoms with Crippen LogP contribution in [-0.2, 0) is 22.5 Å². The van der Waals surface area contributed by atoms with Crippen molar-refractivity contribution in [1.29, 1.82) is 0 Å². The molecule has 0 aliphatic heterocycles. The van der Waals surface area contributed by atoms with Crippen molar-refractivity contribution >= 4 is 34.8 Å². The summed E-state index contributed by atoms with van der Waals surface area (Å²) in [5, 5.41) is 13.7. The quantitative estimate of drug-likeness (QED) is 0.320. The standard InChI is InChI=1S/C27H31ClN2O5S/c1-15(2)34-22-11-10-18(13-23(27(32)33)35-16(3)4)12-19(22)14-29-25(31)24-17(5)36-26(30-24)20-8-6-7-9-21(20)28/h6-12,15-16,23H,13-14H2,1-5H3,(H,29,31)(H,32,33). The van der Waals surface area contributed by atoms with Crippen molar-refractivity contribution in [2.24, 2.45) is 0 Å². The van der Waals surface area contributed by atoms with Gasteiger partial charge in [-0.25, -0.2) is 9.78 Å². The number of halogens is 1. The fourth-order valence-corrected chi connectivity index (χ4v) is 4.85. The lowest BCUT2D eigenvalue weighted by Gasteiger charge is -2.19. The number of hydrogen-bond acceptors (Lipinski definition) is 6. The van der Waals surface area contributed by atoms with Crippen LogP contribution in [0, 0.1) is 6.92 Å². The topological polar surface area (TPSA) is 97.8 Å². The summed E-state index contributed by atoms with van der Waals surface area (Å²) in [5.41, 5.74) is 2.63. The summed E-state index contributed by atoms with van der Waals surface area (Å²) in [6.45, 7) is 9.48. The van der Waals surface area contributed by atoms with Crippen molar-refractivity contribution in [3.05, 3.63) is 69.2 Å². The van der Waals surface area contributed by atoms with Crippen molar-refractivity contribution in [1.82, 2.24) is 10.3 Å². The number of ether oxygens (including phenoxy) is 2. The van der Waals surface area contributed by atoms with Gasteiger partial charge in [0.05, 0.1) is 17.2 Å². The van der Waals surface area contributed by atoms with E-state index in [-0.39, 0.29) is 31.1 Å². The van der Waals surface area contributed by atoms with Crippen LogP contribution in [0.4, 0.5) is 0 Å². The number of nitrogens with zero attached hydrogens (tertiary/aromatic N) is 1. The highest BCUT2D eigenvalue weighted by molar-refractivity contribution is 7.15. The summed E-state index contributed by atoms with van der Waals surface area (Å²) in [6, 6.07) is 12.9. The number of aryl methyl sites for hydroxylation is 1. The smallest absolute Gasteiger partial charge is 0.333 e. The molecular formula is C27H31ClN2O5S. The molecule has 2 aromatic carbocycles. The van der Waals surface area contributed by atoms with Crippen LogP contribution in [0.3, 0.4) is 0 Å². The zero-order valence-electron chi connectivity index (χ0n) is 21.0. The second-order valence-corrected chi connectivity index (χ2v) is 10.5. The average molecular weight is 531 g/mol. The predicted octanol–water partition coefficient (Wildman–Crippen LogP) is 5.91. The van der Waals surface area contributed by atoms with Crippen LogP contribution >= 0.6 is 22.9 Å². The molecule has 3 aromatic rings. The van der Waals surface area contributed by atoms with E-state index in [0.717, 1.165) is 21.6 Å². The first kappa shape index (κ1) is 27.6. The Morgan fingerprint density at radius 2 is 1.83 bits per heavy atom. The van der Waals surface area contributed by atoms with Gasteiger partial charge in [0.1, 0.15) is 16.5 Å². The number of carbonyl (C=O) groups excluding carboxylic acids is 1. The van der Waals surface area contributed by atoms with E-state index in [0.29, 0.717) is 21.5 Å². The van der Waals surface area contributed by atoms with Gasteiger partial charge in [-0.15, -0.1) is 11.3 Å². The van der Waals surface area contributed by atoms with Crippen LogP contribution in [0.5, 0.6) is 5.75 Å². The highest BCUT2D eigenvalue weighted by Crippen LogP contribution is 2.32. The molecule has 7 nitrogen and oxygen atoms in total. The Kier molecular flexibility index (Phi) is 9.48. The maximum atomic E-state index is 13.0. The third-order valence-corrected chi connectivity index (χ3v) is 6.51. The number of nitrogens with one attached hydrogen (secondary N) is 1. The number of hydrogen-bond donors (Lipinski definition) is 2. The molecule has 36 heavy (non-hydrogen) atoms. The third kappa shape index (κ3) is 7.29. The van der Waals surface area contributed by atoms with E-state index in [2.05, 4.69) is 10.3 Å². The largest absolute Gasteiger partial charge is 0.491 e. The summed E-state index contributed by atoms with van der Waals surface area (Å²) >= 11 is 7.71. The molecule has 0 aliphatic carbocycles. The van der Waals surface area contributed by atoms with Crippen molar-refractivity contribution in [2.45, 2.75) is 65.9 Å². The number of carbonyl (C=O) groups is 2. The summed E-state index contributed by atoms with van der Waals surface area (Å²) in [6.07, 6.45) is -1.06. The van der Waals surface area contributed by atoms with E-state index in [1.807, 2.05) is 51.1 Å². The Balaban J connectivity index is 1.80. The molecule has 3 rings (SSSR count). The Hall–Kier alpha value is -2.94. The minimum absolute atomic E-state index is 0.0692. The Bertz CT molecular complexity index is 1220. The van der Waals surface area contributed by atoms with Gasteiger partial charge in [-0.3, -0.25) is 4.79 Å². The molecule has 0 saturated heterocycles. The van der Waals surface area contributed by atoms with Crippen LogP contribution < -0.4 is 10.1 Å². The molecule has 1 amide bonds. The molecule has 0 radical (unpaired) electrons. The highest BCUT2D eigenvalue weighted by Gasteiger charge is 2.22. The van der Waals surface area contributed by atoms with Gasteiger partial charge < -0.3 is 19.9 Å². The first-order valence-corrected chi connectivity index (χ1v) is 12.9. The molecule has 0 fully saturated rings. The van der Waals surface area contributed by atoms with E-state index < -0.39 is 12.1 Å². The zero-order valence-corrected chi connectivity index (χ0v) is 22.6. The van der Waals surface area contributed by atoms with E-state index in [9.17, 15) is 14.7 Å². The summed E-state index contributed by atoms with van der Waals surface area (Å²) < 4.78 is 11.5. The molecule has 9 heteroatoms. The monoisotopic (exact) mass is 530 g/mol. The van der Waals surface area contributed by atoms with Crippen LogP contribution in [0.15, 0.2) is 42.5 Å². The number of aliphatic carboxylic acids is 1. The number of thiazole rings is 1. The molecule has 1 heterocycles. The lowest BCUT2D eigenvalue weighted by atomic mass is 10.0. The van der Waals surface area contributed by atoms with E-state index >= 15 is 0 Å². The average Bonchev–Trinajstić information content (AvgIpc) is 3.19. The molecule has 0 spiro atoms. The minimum atomic E-state index is -1.02. The van der Waals surface area contributed by atoms with E-state index in [1.54, 1.807) is 26.0 Å². The van der Waals surface area contributed by atoms with Gasteiger partial charge in [0.2, 0.25) is 0 Å². The second kappa shape index (κ2) is 12.3. The molecule has 1 atom stereocenters. The lowest BCUT2D eigenvalue weighted by molar-refractivity contribution is -0.153. The zero-order chi connectivity index (χ0) is 26.4. The molecule has 1 aromatic heterocycles. The van der Waals surface area contributed by atoms with Crippen molar-refractivity contribution in [3.8, 4) is 16.3 Å². The molecule has 192 valence electrons. The second-order valence-electron chi connectivity index (χ2n) is 8.91. The fourth-order valence-electron chi connectivity index (χ4n) is 3.62. The first-order chi connectivity index (χ1) is 17.0. The fraction of sp³-hybridized carbons (Fsp3) is 0.370. The van der Waals surface area contributed by atoms with Crippen LogP contribution in [0.25, 0.3) is 10.6 Å². The van der Waals surface area contributed by atoms with Gasteiger partial charge in [-0.2, -0.15) is 0 Å². The summed E-state index contributed by atoms with van der Waals surface area (Å²) in [5.74, 6) is -0.707. The number of amides is 1. The number of aromatic nitrogens is 1. The Labute approximate surface area is 220 Å². The summed E-state index contributed by atoms with van der Waals surface area (Å²) in [7, 11) is 0. The van der Waals surface area contributed by atoms with E-state index in [1.165, 1.54) is 11.3 Å². The van der Waals surface area contributed by atoms with Gasteiger partial charge in [-0.1, -0.05) is 41.9 Å². The highest BCUT2D eigenvalue weighted by atomic mass is 35.5. The third-order valence-electron chi connectivity index (χ3n) is 5.18. The van der Waals surface area contributed by atoms with Gasteiger partial charge in [0, 0.05) is 29.0 Å². The maximum absolute atomic E-state index is 13.0. The normalized spacial score (nSPS) is 12.1. The number of carboxylic acid groups (broad SMARTS) is 1. The van der Waals surface area contributed by atoms with Crippen molar-refractivity contribution < 1.29 is 24.2 Å². The SMILES string of the molecule is Cc1sc(-c2ccccc2Cl)nc1C(=O)NCc1cc(CC(OC(C)C)C(=O)O)ccc1OC(C)C. The van der Waals surface area contributed by atoms with Gasteiger partial charge in [0.25, 0.3) is 5.91 Å². The molecule has 0 saturated carbocycles. The molecule has 0 aliphatic rings.